The minimum atomic E-state index is -0.658. The number of aromatic nitrogens is 1. The normalized spacial score (nSPS) is 9.92. The number of H-pyrrole nitrogens is 1. The summed E-state index contributed by atoms with van der Waals surface area (Å²) in [6, 6.07) is 8.61. The number of methoxy groups -OCH3 is 1. The Hall–Kier alpha value is -3.16. The van der Waals surface area contributed by atoms with Gasteiger partial charge in [-0.25, -0.2) is 0 Å². The number of ether oxygens (including phenoxy) is 2. The van der Waals surface area contributed by atoms with Crippen LogP contribution in [0.25, 0.3) is 11.1 Å². The van der Waals surface area contributed by atoms with Crippen molar-refractivity contribution >= 4 is 17.4 Å². The minimum absolute atomic E-state index is 0.0213. The van der Waals surface area contributed by atoms with Crippen LogP contribution in [0.2, 0.25) is 0 Å². The number of nitrogens with two attached hydrogens (primary N) is 1. The summed E-state index contributed by atoms with van der Waals surface area (Å²) in [7, 11) is 1.50. The Morgan fingerprint density at radius 2 is 1.96 bits per heavy atom. The third-order valence-corrected chi connectivity index (χ3v) is 3.72. The monoisotopic (exact) mass is 358 g/mol. The lowest BCUT2D eigenvalue weighted by molar-refractivity contribution is 0.295. The molecule has 1 heterocycles. The smallest absolute Gasteiger partial charge is 0.268 e. The highest BCUT2D eigenvalue weighted by Crippen LogP contribution is 2.35. The molecule has 0 saturated heterocycles. The minimum Gasteiger partial charge on any atom is -0.493 e. The standard InChI is InChI=1S/C17H15ClN4O3/c1-24-13-4-3-10(7-14(13)25-6-2-5-18)15-11(8-19)16(21)22-17(23)12(15)9-20/h3-4,7H,2,5-6H2,1H3,(H3,21,22,23). The van der Waals surface area contributed by atoms with Gasteiger partial charge in [0, 0.05) is 11.4 Å². The molecule has 0 radical (unpaired) electrons. The molecule has 0 saturated carbocycles. The van der Waals surface area contributed by atoms with Crippen LogP contribution < -0.4 is 20.8 Å². The molecular weight excluding hydrogens is 344 g/mol. The van der Waals surface area contributed by atoms with E-state index in [0.29, 0.717) is 36.0 Å². The first-order valence-corrected chi connectivity index (χ1v) is 7.84. The van der Waals surface area contributed by atoms with E-state index in [2.05, 4.69) is 4.98 Å². The summed E-state index contributed by atoms with van der Waals surface area (Å²) in [4.78, 5) is 14.3. The van der Waals surface area contributed by atoms with Crippen LogP contribution >= 0.6 is 11.6 Å². The van der Waals surface area contributed by atoms with Crippen molar-refractivity contribution in [3.63, 3.8) is 0 Å². The number of hydrogen-bond donors (Lipinski definition) is 2. The molecule has 1 aromatic carbocycles. The van der Waals surface area contributed by atoms with E-state index in [4.69, 9.17) is 26.8 Å². The summed E-state index contributed by atoms with van der Waals surface area (Å²) in [5.74, 6) is 1.25. The van der Waals surface area contributed by atoms with Gasteiger partial charge in [0.25, 0.3) is 5.56 Å². The molecule has 0 spiro atoms. The molecule has 0 aliphatic rings. The lowest BCUT2D eigenvalue weighted by Crippen LogP contribution is -2.16. The van der Waals surface area contributed by atoms with Crippen LogP contribution in [0, 0.1) is 22.7 Å². The molecule has 0 amide bonds. The Morgan fingerprint density at radius 3 is 2.56 bits per heavy atom. The zero-order valence-corrected chi connectivity index (χ0v) is 14.2. The number of pyridine rings is 1. The van der Waals surface area contributed by atoms with Crippen LogP contribution in [-0.4, -0.2) is 24.6 Å². The number of halogens is 1. The molecule has 2 aromatic rings. The number of aromatic amines is 1. The molecule has 0 atom stereocenters. The quantitative estimate of drug-likeness (QED) is 0.603. The third-order valence-electron chi connectivity index (χ3n) is 3.46. The van der Waals surface area contributed by atoms with Crippen LogP contribution in [0.4, 0.5) is 5.82 Å². The van der Waals surface area contributed by atoms with E-state index in [1.54, 1.807) is 18.2 Å². The van der Waals surface area contributed by atoms with Crippen molar-refractivity contribution < 1.29 is 9.47 Å². The van der Waals surface area contributed by atoms with Gasteiger partial charge in [0.2, 0.25) is 0 Å². The van der Waals surface area contributed by atoms with Gasteiger partial charge < -0.3 is 20.2 Å². The van der Waals surface area contributed by atoms with E-state index in [0.717, 1.165) is 0 Å². The van der Waals surface area contributed by atoms with E-state index in [-0.39, 0.29) is 22.5 Å². The van der Waals surface area contributed by atoms with E-state index in [9.17, 15) is 15.3 Å². The fraction of sp³-hybridized carbons (Fsp3) is 0.235. The summed E-state index contributed by atoms with van der Waals surface area (Å²) in [5.41, 5.74) is 5.51. The van der Waals surface area contributed by atoms with Crippen molar-refractivity contribution in [3.05, 3.63) is 39.7 Å². The highest BCUT2D eigenvalue weighted by atomic mass is 35.5. The fourth-order valence-electron chi connectivity index (χ4n) is 2.31. The second-order valence-electron chi connectivity index (χ2n) is 4.97. The first-order chi connectivity index (χ1) is 12.1. The number of nitrogens with zero attached hydrogens (tertiary/aromatic N) is 2. The average Bonchev–Trinajstić information content (AvgIpc) is 2.61. The summed E-state index contributed by atoms with van der Waals surface area (Å²) < 4.78 is 10.9. The second-order valence-corrected chi connectivity index (χ2v) is 5.35. The summed E-state index contributed by atoms with van der Waals surface area (Å²) in [5, 5.41) is 18.7. The lowest BCUT2D eigenvalue weighted by Gasteiger charge is -2.14. The Balaban J connectivity index is 2.67. The lowest BCUT2D eigenvalue weighted by atomic mass is 9.96. The van der Waals surface area contributed by atoms with E-state index >= 15 is 0 Å². The SMILES string of the molecule is COc1ccc(-c2c(C#N)c(N)[nH]c(=O)c2C#N)cc1OCCCCl. The maximum absolute atomic E-state index is 12.0. The second kappa shape index (κ2) is 8.09. The highest BCUT2D eigenvalue weighted by molar-refractivity contribution is 6.17. The van der Waals surface area contributed by atoms with Gasteiger partial charge in [0.1, 0.15) is 29.1 Å². The van der Waals surface area contributed by atoms with Crippen LogP contribution in [0.5, 0.6) is 11.5 Å². The number of benzene rings is 1. The van der Waals surface area contributed by atoms with Crippen molar-refractivity contribution in [3.8, 4) is 34.8 Å². The number of nitrogens with one attached hydrogen (secondary N) is 1. The van der Waals surface area contributed by atoms with Crippen LogP contribution in [0.15, 0.2) is 23.0 Å². The van der Waals surface area contributed by atoms with Gasteiger partial charge in [0.05, 0.1) is 13.7 Å². The summed E-state index contributed by atoms with van der Waals surface area (Å²) in [6.07, 6.45) is 0.639. The molecule has 0 bridgehead atoms. The predicted octanol–water partition coefficient (Wildman–Crippen LogP) is 2.38. The van der Waals surface area contributed by atoms with Crippen LogP contribution in [0.3, 0.4) is 0 Å². The van der Waals surface area contributed by atoms with E-state index < -0.39 is 5.56 Å². The van der Waals surface area contributed by atoms with Gasteiger partial charge in [-0.3, -0.25) is 4.79 Å². The van der Waals surface area contributed by atoms with Gasteiger partial charge in [-0.15, -0.1) is 11.6 Å². The molecule has 2 rings (SSSR count). The highest BCUT2D eigenvalue weighted by Gasteiger charge is 2.19. The molecule has 0 aliphatic heterocycles. The molecular formula is C17H15ClN4O3. The van der Waals surface area contributed by atoms with Gasteiger partial charge >= 0.3 is 0 Å². The molecule has 0 fully saturated rings. The summed E-state index contributed by atoms with van der Waals surface area (Å²) >= 11 is 5.65. The molecule has 1 aromatic heterocycles. The van der Waals surface area contributed by atoms with Crippen molar-refractivity contribution in [2.75, 3.05) is 25.3 Å². The van der Waals surface area contributed by atoms with Crippen molar-refractivity contribution in [2.45, 2.75) is 6.42 Å². The van der Waals surface area contributed by atoms with Crippen LogP contribution in [-0.2, 0) is 0 Å². The molecule has 3 N–H and O–H groups in total. The molecule has 25 heavy (non-hydrogen) atoms. The van der Waals surface area contributed by atoms with E-state index in [1.807, 2.05) is 12.1 Å². The average molecular weight is 359 g/mol. The maximum Gasteiger partial charge on any atom is 0.268 e. The number of nitriles is 2. The zero-order valence-electron chi connectivity index (χ0n) is 13.4. The Kier molecular flexibility index (Phi) is 5.89. The van der Waals surface area contributed by atoms with Gasteiger partial charge in [0.15, 0.2) is 11.5 Å². The largest absolute Gasteiger partial charge is 0.493 e. The van der Waals surface area contributed by atoms with Crippen molar-refractivity contribution in [2.24, 2.45) is 0 Å². The fourth-order valence-corrected chi connectivity index (χ4v) is 2.42. The number of anilines is 1. The zero-order chi connectivity index (χ0) is 18.4. The number of alkyl halides is 1. The molecule has 0 aliphatic carbocycles. The molecule has 128 valence electrons. The number of nitrogen functional groups attached to an aromatic ring is 1. The molecule has 8 heteroatoms. The van der Waals surface area contributed by atoms with Gasteiger partial charge in [-0.2, -0.15) is 10.5 Å². The van der Waals surface area contributed by atoms with Gasteiger partial charge in [-0.05, 0) is 24.1 Å². The van der Waals surface area contributed by atoms with Crippen molar-refractivity contribution in [1.82, 2.24) is 4.98 Å². The molecule has 0 unspecified atom stereocenters. The topological polar surface area (TPSA) is 125 Å². The number of rotatable bonds is 6. The first-order valence-electron chi connectivity index (χ1n) is 7.30. The van der Waals surface area contributed by atoms with Crippen LogP contribution in [0.1, 0.15) is 17.5 Å². The Morgan fingerprint density at radius 1 is 1.24 bits per heavy atom. The first kappa shape index (κ1) is 18.2. The Labute approximate surface area is 149 Å². The third kappa shape index (κ3) is 3.68. The van der Waals surface area contributed by atoms with Gasteiger partial charge in [-0.1, -0.05) is 6.07 Å². The molecule has 7 nitrogen and oxygen atoms in total. The van der Waals surface area contributed by atoms with E-state index in [1.165, 1.54) is 7.11 Å². The maximum atomic E-state index is 12.0. The summed E-state index contributed by atoms with van der Waals surface area (Å²) in [6.45, 7) is 0.372. The van der Waals surface area contributed by atoms with Crippen molar-refractivity contribution in [1.29, 1.82) is 10.5 Å². The predicted molar refractivity (Wildman–Crippen MR) is 93.7 cm³/mol. The number of hydrogen-bond acceptors (Lipinski definition) is 6. The Bertz CT molecular complexity index is 925.